The zero-order valence-corrected chi connectivity index (χ0v) is 15.7. The Labute approximate surface area is 165 Å². The van der Waals surface area contributed by atoms with Gasteiger partial charge in [0.1, 0.15) is 6.10 Å². The molecule has 0 heterocycles. The summed E-state index contributed by atoms with van der Waals surface area (Å²) in [6.07, 6.45) is -3.17. The third kappa shape index (κ3) is 4.11. The van der Waals surface area contributed by atoms with Crippen molar-refractivity contribution in [2.75, 3.05) is 0 Å². The van der Waals surface area contributed by atoms with Crippen molar-refractivity contribution < 1.29 is 27.9 Å². The van der Waals surface area contributed by atoms with Crippen LogP contribution in [0.2, 0.25) is 0 Å². The molecule has 1 atom stereocenters. The Hall–Kier alpha value is -2.90. The first kappa shape index (κ1) is 20.8. The van der Waals surface area contributed by atoms with Crippen molar-refractivity contribution in [2.24, 2.45) is 5.90 Å². The number of halogens is 3. The largest absolute Gasteiger partial charge is 0.490 e. The predicted octanol–water partition coefficient (Wildman–Crippen LogP) is 5.95. The molecule has 4 aromatic rings. The first-order chi connectivity index (χ1) is 13.8. The van der Waals surface area contributed by atoms with Crippen LogP contribution in [0.25, 0.3) is 32.3 Å². The highest BCUT2D eigenvalue weighted by molar-refractivity contribution is 6.23. The summed E-state index contributed by atoms with van der Waals surface area (Å²) in [5.41, 5.74) is 1.20. The highest BCUT2D eigenvalue weighted by Crippen LogP contribution is 2.39. The Bertz CT molecular complexity index is 1140. The molecule has 0 aliphatic rings. The zero-order chi connectivity index (χ0) is 21.2. The fourth-order valence-electron chi connectivity index (χ4n) is 3.62. The minimum Gasteiger partial charge on any atom is -0.475 e. The summed E-state index contributed by atoms with van der Waals surface area (Å²) in [4.78, 5) is 14.2. The maximum Gasteiger partial charge on any atom is 0.490 e. The topological polar surface area (TPSA) is 72.5 Å². The van der Waals surface area contributed by atoms with Crippen molar-refractivity contribution >= 4 is 38.3 Å². The lowest BCUT2D eigenvalue weighted by atomic mass is 9.89. The summed E-state index contributed by atoms with van der Waals surface area (Å²) in [6, 6.07) is 19.6. The third-order valence-electron chi connectivity index (χ3n) is 4.84. The summed E-state index contributed by atoms with van der Waals surface area (Å²) in [7, 11) is 0. The average Bonchev–Trinajstić information content (AvgIpc) is 2.70. The van der Waals surface area contributed by atoms with Gasteiger partial charge in [-0.05, 0) is 50.4 Å². The normalized spacial score (nSPS) is 12.9. The molecule has 0 saturated heterocycles. The second-order valence-electron chi connectivity index (χ2n) is 6.73. The van der Waals surface area contributed by atoms with Gasteiger partial charge in [-0.3, -0.25) is 4.84 Å². The van der Waals surface area contributed by atoms with E-state index in [0.717, 1.165) is 12.8 Å². The lowest BCUT2D eigenvalue weighted by Gasteiger charge is -2.19. The predicted molar refractivity (Wildman–Crippen MR) is 107 cm³/mol. The standard InChI is InChI=1S/C20H19NO.C2HF3O2/c1-2-5-18(22-21)17-12-15-8-3-6-13-10-11-14-7-4-9-16(17)20(14)19(13)15;3-2(4,5)1(6)7/h3-4,6-12,18H,2,5,21H2,1H3;(H,6,7). The van der Waals surface area contributed by atoms with Crippen LogP contribution < -0.4 is 5.90 Å². The number of hydrogen-bond donors (Lipinski definition) is 2. The first-order valence-corrected chi connectivity index (χ1v) is 9.10. The van der Waals surface area contributed by atoms with Crippen molar-refractivity contribution in [1.29, 1.82) is 0 Å². The van der Waals surface area contributed by atoms with Gasteiger partial charge in [0, 0.05) is 0 Å². The summed E-state index contributed by atoms with van der Waals surface area (Å²) in [6.45, 7) is 2.16. The van der Waals surface area contributed by atoms with E-state index in [2.05, 4.69) is 61.5 Å². The molecule has 0 spiro atoms. The Morgan fingerprint density at radius 1 is 1.03 bits per heavy atom. The van der Waals surface area contributed by atoms with Crippen LogP contribution in [0.3, 0.4) is 0 Å². The van der Waals surface area contributed by atoms with Crippen LogP contribution in [-0.2, 0) is 9.63 Å². The van der Waals surface area contributed by atoms with E-state index in [9.17, 15) is 13.2 Å². The van der Waals surface area contributed by atoms with E-state index in [-0.39, 0.29) is 6.10 Å². The van der Waals surface area contributed by atoms with Gasteiger partial charge in [-0.15, -0.1) is 0 Å². The molecule has 3 N–H and O–H groups in total. The summed E-state index contributed by atoms with van der Waals surface area (Å²) < 4.78 is 31.7. The van der Waals surface area contributed by atoms with Gasteiger partial charge in [-0.25, -0.2) is 10.7 Å². The van der Waals surface area contributed by atoms with E-state index in [4.69, 9.17) is 20.6 Å². The number of rotatable bonds is 4. The van der Waals surface area contributed by atoms with E-state index < -0.39 is 12.1 Å². The third-order valence-corrected chi connectivity index (χ3v) is 4.84. The maximum absolute atomic E-state index is 10.6. The molecule has 4 rings (SSSR count). The second-order valence-corrected chi connectivity index (χ2v) is 6.73. The number of nitrogens with two attached hydrogens (primary N) is 1. The van der Waals surface area contributed by atoms with Gasteiger partial charge in [-0.2, -0.15) is 13.2 Å². The SMILES string of the molecule is CCCC(ON)c1cc2cccc3ccc4cccc1c4c32.O=C(O)C(F)(F)F. The molecule has 0 saturated carbocycles. The maximum atomic E-state index is 10.6. The number of carboxylic acid groups (broad SMARTS) is 1. The quantitative estimate of drug-likeness (QED) is 0.326. The van der Waals surface area contributed by atoms with E-state index in [1.165, 1.54) is 37.9 Å². The fraction of sp³-hybridized carbons (Fsp3) is 0.227. The van der Waals surface area contributed by atoms with Gasteiger partial charge in [-0.1, -0.05) is 61.9 Å². The lowest BCUT2D eigenvalue weighted by Crippen LogP contribution is -2.21. The fourth-order valence-corrected chi connectivity index (χ4v) is 3.62. The van der Waals surface area contributed by atoms with Crippen LogP contribution >= 0.6 is 0 Å². The Kier molecular flexibility index (Phi) is 5.91. The molecule has 152 valence electrons. The van der Waals surface area contributed by atoms with Crippen molar-refractivity contribution in [3.05, 3.63) is 60.2 Å². The van der Waals surface area contributed by atoms with Gasteiger partial charge in [0.25, 0.3) is 0 Å². The van der Waals surface area contributed by atoms with E-state index >= 15 is 0 Å². The van der Waals surface area contributed by atoms with Gasteiger partial charge >= 0.3 is 12.1 Å². The molecular weight excluding hydrogens is 383 g/mol. The molecule has 1 unspecified atom stereocenters. The summed E-state index contributed by atoms with van der Waals surface area (Å²) >= 11 is 0. The molecule has 0 radical (unpaired) electrons. The number of alkyl halides is 3. The van der Waals surface area contributed by atoms with Crippen molar-refractivity contribution in [1.82, 2.24) is 0 Å². The Morgan fingerprint density at radius 2 is 1.59 bits per heavy atom. The average molecular weight is 403 g/mol. The number of aliphatic carboxylic acids is 1. The van der Waals surface area contributed by atoms with Gasteiger partial charge in [0.15, 0.2) is 0 Å². The molecule has 0 aromatic heterocycles. The highest BCUT2D eigenvalue weighted by Gasteiger charge is 2.38. The molecule has 0 amide bonds. The van der Waals surface area contributed by atoms with Crippen LogP contribution in [0.5, 0.6) is 0 Å². The van der Waals surface area contributed by atoms with E-state index in [0.29, 0.717) is 0 Å². The van der Waals surface area contributed by atoms with Gasteiger partial charge in [0.05, 0.1) is 0 Å². The second kappa shape index (κ2) is 8.23. The smallest absolute Gasteiger partial charge is 0.475 e. The number of benzene rings is 4. The minimum atomic E-state index is -5.08. The molecule has 29 heavy (non-hydrogen) atoms. The molecule has 4 aromatic carbocycles. The zero-order valence-electron chi connectivity index (χ0n) is 15.7. The van der Waals surface area contributed by atoms with Gasteiger partial charge in [0.2, 0.25) is 0 Å². The van der Waals surface area contributed by atoms with Crippen LogP contribution in [-0.4, -0.2) is 17.3 Å². The first-order valence-electron chi connectivity index (χ1n) is 9.10. The molecule has 0 fully saturated rings. The number of carbonyl (C=O) groups is 1. The van der Waals surface area contributed by atoms with Crippen LogP contribution in [0.1, 0.15) is 31.4 Å². The van der Waals surface area contributed by atoms with E-state index in [1.54, 1.807) is 0 Å². The molecule has 0 aliphatic heterocycles. The molecular formula is C22H20F3NO3. The number of carboxylic acids is 1. The summed E-state index contributed by atoms with van der Waals surface area (Å²) in [5, 5.41) is 14.9. The summed E-state index contributed by atoms with van der Waals surface area (Å²) in [5.74, 6) is 2.84. The minimum absolute atomic E-state index is 0.0563. The number of hydrogen-bond acceptors (Lipinski definition) is 3. The molecule has 0 aliphatic carbocycles. The van der Waals surface area contributed by atoms with Crippen molar-refractivity contribution in [3.8, 4) is 0 Å². The Balaban J connectivity index is 0.000000298. The highest BCUT2D eigenvalue weighted by atomic mass is 19.4. The van der Waals surface area contributed by atoms with Crippen LogP contribution in [0, 0.1) is 0 Å². The van der Waals surface area contributed by atoms with Crippen molar-refractivity contribution in [2.45, 2.75) is 32.0 Å². The van der Waals surface area contributed by atoms with E-state index in [1.807, 2.05) is 0 Å². The monoisotopic (exact) mass is 403 g/mol. The van der Waals surface area contributed by atoms with Crippen molar-refractivity contribution in [3.63, 3.8) is 0 Å². The molecule has 7 heteroatoms. The molecule has 4 nitrogen and oxygen atoms in total. The van der Waals surface area contributed by atoms with Crippen LogP contribution in [0.15, 0.2) is 54.6 Å². The molecule has 0 bridgehead atoms. The Morgan fingerprint density at radius 3 is 2.14 bits per heavy atom. The van der Waals surface area contributed by atoms with Crippen LogP contribution in [0.4, 0.5) is 13.2 Å². The lowest BCUT2D eigenvalue weighted by molar-refractivity contribution is -0.192. The van der Waals surface area contributed by atoms with Gasteiger partial charge < -0.3 is 5.11 Å².